The highest BCUT2D eigenvalue weighted by Crippen LogP contribution is 2.22. The van der Waals surface area contributed by atoms with E-state index in [2.05, 4.69) is 50.5 Å². The van der Waals surface area contributed by atoms with Crippen LogP contribution in [0.3, 0.4) is 0 Å². The minimum atomic E-state index is 0.589. The highest BCUT2D eigenvalue weighted by atomic mass is 15.2. The number of rotatable bonds is 5. The molecule has 1 saturated heterocycles. The van der Waals surface area contributed by atoms with Crippen LogP contribution in [-0.4, -0.2) is 34.5 Å². The zero-order valence-corrected chi connectivity index (χ0v) is 14.6. The first kappa shape index (κ1) is 16.5. The summed E-state index contributed by atoms with van der Waals surface area (Å²) >= 11 is 0. The molecule has 0 aliphatic carbocycles. The van der Waals surface area contributed by atoms with Gasteiger partial charge in [0.2, 0.25) is 0 Å². The van der Waals surface area contributed by atoms with Crippen LogP contribution in [0, 0.1) is 17.2 Å². The minimum absolute atomic E-state index is 0.589. The maximum atomic E-state index is 8.83. The Balaban J connectivity index is 1.34. The van der Waals surface area contributed by atoms with Gasteiger partial charge in [-0.25, -0.2) is 4.98 Å². The first-order valence-corrected chi connectivity index (χ1v) is 8.97. The highest BCUT2D eigenvalue weighted by Gasteiger charge is 2.22. The van der Waals surface area contributed by atoms with Gasteiger partial charge in [0.15, 0.2) is 0 Å². The Kier molecular flexibility index (Phi) is 4.76. The molecule has 0 bridgehead atoms. The number of fused-ring (bicyclic) bond motifs is 1. The van der Waals surface area contributed by atoms with E-state index in [-0.39, 0.29) is 0 Å². The van der Waals surface area contributed by atoms with E-state index in [1.54, 1.807) is 12.3 Å². The van der Waals surface area contributed by atoms with E-state index < -0.39 is 0 Å². The number of likely N-dealkylation sites (tertiary alicyclic amines) is 1. The molecule has 0 radical (unpaired) electrons. The minimum Gasteiger partial charge on any atom is -0.370 e. The summed E-state index contributed by atoms with van der Waals surface area (Å²) < 4.78 is 0. The summed E-state index contributed by atoms with van der Waals surface area (Å²) in [6.45, 7) is 4.03. The Morgan fingerprint density at radius 2 is 2.08 bits per heavy atom. The molecule has 0 saturated carbocycles. The van der Waals surface area contributed by atoms with Crippen molar-refractivity contribution in [3.63, 3.8) is 0 Å². The third kappa shape index (κ3) is 3.66. The van der Waals surface area contributed by atoms with Gasteiger partial charge in [0, 0.05) is 37.4 Å². The van der Waals surface area contributed by atoms with E-state index in [0.29, 0.717) is 11.5 Å². The Labute approximate surface area is 153 Å². The molecular formula is C21H21N5. The van der Waals surface area contributed by atoms with E-state index in [0.717, 1.165) is 37.5 Å². The van der Waals surface area contributed by atoms with Crippen LogP contribution in [0.15, 0.2) is 54.9 Å². The molecule has 1 aliphatic heterocycles. The summed E-state index contributed by atoms with van der Waals surface area (Å²) in [5.74, 6) is 1.44. The molecule has 3 heterocycles. The molecule has 1 N–H and O–H groups in total. The molecule has 1 aliphatic rings. The van der Waals surface area contributed by atoms with Crippen LogP contribution < -0.4 is 5.32 Å². The third-order valence-corrected chi connectivity index (χ3v) is 4.94. The molecule has 5 heteroatoms. The number of nitriles is 1. The average Bonchev–Trinajstić information content (AvgIpc) is 3.14. The van der Waals surface area contributed by atoms with Crippen molar-refractivity contribution < 1.29 is 0 Å². The predicted molar refractivity (Wildman–Crippen MR) is 103 cm³/mol. The smallest absolute Gasteiger partial charge is 0.125 e. The fourth-order valence-corrected chi connectivity index (χ4v) is 3.57. The molecule has 0 amide bonds. The SMILES string of the molecule is N#Cc1ccc(NCC2CCN(Cc3cccc4cccnc34)C2)nc1. The van der Waals surface area contributed by atoms with Crippen molar-refractivity contribution in [3.05, 3.63) is 66.0 Å². The van der Waals surface area contributed by atoms with Crippen LogP contribution in [-0.2, 0) is 6.54 Å². The number of para-hydroxylation sites is 1. The molecular weight excluding hydrogens is 322 g/mol. The van der Waals surface area contributed by atoms with E-state index in [4.69, 9.17) is 5.26 Å². The molecule has 4 rings (SSSR count). The number of aromatic nitrogens is 2. The zero-order chi connectivity index (χ0) is 17.8. The number of nitrogens with one attached hydrogen (secondary N) is 1. The van der Waals surface area contributed by atoms with Gasteiger partial charge >= 0.3 is 0 Å². The van der Waals surface area contributed by atoms with Crippen LogP contribution in [0.4, 0.5) is 5.82 Å². The zero-order valence-electron chi connectivity index (χ0n) is 14.6. The first-order chi connectivity index (χ1) is 12.8. The average molecular weight is 343 g/mol. The monoisotopic (exact) mass is 343 g/mol. The van der Waals surface area contributed by atoms with Crippen LogP contribution >= 0.6 is 0 Å². The van der Waals surface area contributed by atoms with E-state index >= 15 is 0 Å². The quantitative estimate of drug-likeness (QED) is 0.769. The lowest BCUT2D eigenvalue weighted by Crippen LogP contribution is -2.23. The van der Waals surface area contributed by atoms with Gasteiger partial charge in [0.1, 0.15) is 11.9 Å². The summed E-state index contributed by atoms with van der Waals surface area (Å²) in [4.78, 5) is 11.3. The predicted octanol–water partition coefficient (Wildman–Crippen LogP) is 3.44. The molecule has 1 unspecified atom stereocenters. The summed E-state index contributed by atoms with van der Waals surface area (Å²) in [6.07, 6.45) is 4.66. The van der Waals surface area contributed by atoms with E-state index in [1.807, 2.05) is 18.3 Å². The van der Waals surface area contributed by atoms with Crippen molar-refractivity contribution in [2.45, 2.75) is 13.0 Å². The number of benzene rings is 1. The van der Waals surface area contributed by atoms with Crippen LogP contribution in [0.5, 0.6) is 0 Å². The largest absolute Gasteiger partial charge is 0.370 e. The van der Waals surface area contributed by atoms with Gasteiger partial charge in [-0.05, 0) is 42.6 Å². The Hall–Kier alpha value is -2.97. The molecule has 1 atom stereocenters. The van der Waals surface area contributed by atoms with Crippen molar-refractivity contribution in [2.24, 2.45) is 5.92 Å². The summed E-state index contributed by atoms with van der Waals surface area (Å²) in [5.41, 5.74) is 3.00. The van der Waals surface area contributed by atoms with E-state index in [1.165, 1.54) is 17.4 Å². The number of nitrogens with zero attached hydrogens (tertiary/aromatic N) is 4. The number of pyridine rings is 2. The van der Waals surface area contributed by atoms with Crippen molar-refractivity contribution in [1.82, 2.24) is 14.9 Å². The molecule has 5 nitrogen and oxygen atoms in total. The Bertz CT molecular complexity index is 924. The van der Waals surface area contributed by atoms with Gasteiger partial charge in [0.25, 0.3) is 0 Å². The van der Waals surface area contributed by atoms with Crippen LogP contribution in [0.25, 0.3) is 10.9 Å². The summed E-state index contributed by atoms with van der Waals surface area (Å²) in [7, 11) is 0. The van der Waals surface area contributed by atoms with E-state index in [9.17, 15) is 0 Å². The second kappa shape index (κ2) is 7.51. The van der Waals surface area contributed by atoms with Crippen molar-refractivity contribution in [2.75, 3.05) is 25.0 Å². The number of hydrogen-bond acceptors (Lipinski definition) is 5. The molecule has 1 aromatic carbocycles. The number of hydrogen-bond donors (Lipinski definition) is 1. The number of anilines is 1. The lowest BCUT2D eigenvalue weighted by atomic mass is 10.1. The fourth-order valence-electron chi connectivity index (χ4n) is 3.57. The van der Waals surface area contributed by atoms with Crippen molar-refractivity contribution >= 4 is 16.7 Å². The molecule has 3 aromatic rings. The van der Waals surface area contributed by atoms with Gasteiger partial charge in [-0.15, -0.1) is 0 Å². The highest BCUT2D eigenvalue weighted by molar-refractivity contribution is 5.81. The normalized spacial score (nSPS) is 17.3. The fraction of sp³-hybridized carbons (Fsp3) is 0.286. The molecule has 0 spiro atoms. The van der Waals surface area contributed by atoms with Gasteiger partial charge < -0.3 is 5.32 Å². The van der Waals surface area contributed by atoms with Gasteiger partial charge in [0.05, 0.1) is 11.1 Å². The topological polar surface area (TPSA) is 64.8 Å². The van der Waals surface area contributed by atoms with Crippen LogP contribution in [0.1, 0.15) is 17.5 Å². The molecule has 26 heavy (non-hydrogen) atoms. The van der Waals surface area contributed by atoms with Crippen molar-refractivity contribution in [1.29, 1.82) is 5.26 Å². The Morgan fingerprint density at radius 3 is 2.92 bits per heavy atom. The lowest BCUT2D eigenvalue weighted by molar-refractivity contribution is 0.320. The summed E-state index contributed by atoms with van der Waals surface area (Å²) in [5, 5.41) is 13.4. The van der Waals surface area contributed by atoms with Gasteiger partial charge in [-0.2, -0.15) is 5.26 Å². The van der Waals surface area contributed by atoms with Gasteiger partial charge in [-0.3, -0.25) is 9.88 Å². The van der Waals surface area contributed by atoms with Crippen LogP contribution in [0.2, 0.25) is 0 Å². The molecule has 130 valence electrons. The molecule has 2 aromatic heterocycles. The molecule has 1 fully saturated rings. The van der Waals surface area contributed by atoms with Gasteiger partial charge in [-0.1, -0.05) is 24.3 Å². The second-order valence-corrected chi connectivity index (χ2v) is 6.81. The maximum absolute atomic E-state index is 8.83. The summed E-state index contributed by atoms with van der Waals surface area (Å²) in [6, 6.07) is 16.3. The first-order valence-electron chi connectivity index (χ1n) is 8.97. The Morgan fingerprint density at radius 1 is 1.15 bits per heavy atom. The third-order valence-electron chi connectivity index (χ3n) is 4.94. The second-order valence-electron chi connectivity index (χ2n) is 6.81. The maximum Gasteiger partial charge on any atom is 0.125 e. The lowest BCUT2D eigenvalue weighted by Gasteiger charge is -2.17. The van der Waals surface area contributed by atoms with Crippen molar-refractivity contribution in [3.8, 4) is 6.07 Å². The standard InChI is InChI=1S/C21H21N5/c22-11-16-6-7-20(24-12-16)25-13-17-8-10-26(14-17)15-19-4-1-3-18-5-2-9-23-21(18)19/h1-7,9,12,17H,8,10,13-15H2,(H,24,25).